The maximum atomic E-state index is 5.85. The molecule has 0 aromatic heterocycles. The second-order valence-electron chi connectivity index (χ2n) is 5.46. The van der Waals surface area contributed by atoms with Gasteiger partial charge in [-0.2, -0.15) is 0 Å². The molecule has 0 bridgehead atoms. The van der Waals surface area contributed by atoms with E-state index in [1.165, 1.54) is 5.56 Å². The highest BCUT2D eigenvalue weighted by molar-refractivity contribution is 5.35. The van der Waals surface area contributed by atoms with Crippen LogP contribution in [0.15, 0.2) is 24.3 Å². The van der Waals surface area contributed by atoms with Crippen LogP contribution in [0.4, 0.5) is 0 Å². The lowest BCUT2D eigenvalue weighted by Crippen LogP contribution is -2.19. The second-order valence-corrected chi connectivity index (χ2v) is 5.46. The van der Waals surface area contributed by atoms with E-state index in [4.69, 9.17) is 9.47 Å². The van der Waals surface area contributed by atoms with Crippen molar-refractivity contribution in [3.8, 4) is 5.75 Å². The standard InChI is InChI=1S/C17H29NO2/c1-5-18-15(4)16-8-6-7-9-17(16)20-13-12-19-11-10-14(2)3/h6-9,14-15,18H,5,10-13H2,1-4H3. The van der Waals surface area contributed by atoms with Gasteiger partial charge in [0.2, 0.25) is 0 Å². The van der Waals surface area contributed by atoms with E-state index in [2.05, 4.69) is 45.1 Å². The molecule has 1 rings (SSSR count). The van der Waals surface area contributed by atoms with Crippen molar-refractivity contribution >= 4 is 0 Å². The van der Waals surface area contributed by atoms with Crippen molar-refractivity contribution in [2.75, 3.05) is 26.4 Å². The molecule has 1 unspecified atom stereocenters. The van der Waals surface area contributed by atoms with E-state index in [9.17, 15) is 0 Å². The zero-order valence-electron chi connectivity index (χ0n) is 13.3. The van der Waals surface area contributed by atoms with Gasteiger partial charge in [-0.3, -0.25) is 0 Å². The molecule has 0 radical (unpaired) electrons. The van der Waals surface area contributed by atoms with Crippen molar-refractivity contribution in [2.24, 2.45) is 5.92 Å². The maximum Gasteiger partial charge on any atom is 0.124 e. The highest BCUT2D eigenvalue weighted by Crippen LogP contribution is 2.24. The van der Waals surface area contributed by atoms with Crippen LogP contribution in [0.2, 0.25) is 0 Å². The van der Waals surface area contributed by atoms with Crippen LogP contribution in [-0.4, -0.2) is 26.4 Å². The normalized spacial score (nSPS) is 12.7. The Morgan fingerprint density at radius 2 is 1.80 bits per heavy atom. The van der Waals surface area contributed by atoms with E-state index in [1.54, 1.807) is 0 Å². The average Bonchev–Trinajstić information content (AvgIpc) is 2.43. The lowest BCUT2D eigenvalue weighted by molar-refractivity contribution is 0.0921. The fraction of sp³-hybridized carbons (Fsp3) is 0.647. The summed E-state index contributed by atoms with van der Waals surface area (Å²) < 4.78 is 11.4. The Morgan fingerprint density at radius 1 is 1.05 bits per heavy atom. The first kappa shape index (κ1) is 17.0. The molecular formula is C17H29NO2. The largest absolute Gasteiger partial charge is 0.491 e. The van der Waals surface area contributed by atoms with Gasteiger partial charge >= 0.3 is 0 Å². The van der Waals surface area contributed by atoms with E-state index >= 15 is 0 Å². The predicted molar refractivity (Wildman–Crippen MR) is 84.3 cm³/mol. The highest BCUT2D eigenvalue weighted by Gasteiger charge is 2.09. The molecule has 1 atom stereocenters. The van der Waals surface area contributed by atoms with Gasteiger partial charge in [-0.25, -0.2) is 0 Å². The Balaban J connectivity index is 2.36. The summed E-state index contributed by atoms with van der Waals surface area (Å²) in [7, 11) is 0. The first-order valence-electron chi connectivity index (χ1n) is 7.68. The summed E-state index contributed by atoms with van der Waals surface area (Å²) in [4.78, 5) is 0. The smallest absolute Gasteiger partial charge is 0.124 e. The van der Waals surface area contributed by atoms with Gasteiger partial charge in [0, 0.05) is 18.2 Å². The monoisotopic (exact) mass is 279 g/mol. The maximum absolute atomic E-state index is 5.85. The number of nitrogens with one attached hydrogen (secondary N) is 1. The molecule has 0 amide bonds. The molecule has 0 saturated heterocycles. The predicted octanol–water partition coefficient (Wildman–Crippen LogP) is 3.80. The summed E-state index contributed by atoms with van der Waals surface area (Å²) in [5, 5.41) is 3.41. The molecular weight excluding hydrogens is 250 g/mol. The van der Waals surface area contributed by atoms with Crippen LogP contribution in [0.3, 0.4) is 0 Å². The van der Waals surface area contributed by atoms with E-state index in [0.717, 1.165) is 25.3 Å². The Hall–Kier alpha value is -1.06. The molecule has 0 aliphatic carbocycles. The van der Waals surface area contributed by atoms with Gasteiger partial charge in [0.15, 0.2) is 0 Å². The molecule has 0 heterocycles. The fourth-order valence-corrected chi connectivity index (χ4v) is 2.02. The van der Waals surface area contributed by atoms with Crippen molar-refractivity contribution < 1.29 is 9.47 Å². The molecule has 3 heteroatoms. The highest BCUT2D eigenvalue weighted by atomic mass is 16.5. The van der Waals surface area contributed by atoms with Crippen molar-refractivity contribution in [1.29, 1.82) is 0 Å². The minimum atomic E-state index is 0.304. The van der Waals surface area contributed by atoms with Crippen LogP contribution in [0.1, 0.15) is 45.7 Å². The summed E-state index contributed by atoms with van der Waals surface area (Å²) in [5.74, 6) is 1.64. The van der Waals surface area contributed by atoms with Crippen LogP contribution in [0, 0.1) is 5.92 Å². The van der Waals surface area contributed by atoms with Gasteiger partial charge in [-0.05, 0) is 31.9 Å². The third-order valence-corrected chi connectivity index (χ3v) is 3.22. The molecule has 0 fully saturated rings. The summed E-state index contributed by atoms with van der Waals surface area (Å²) in [6.45, 7) is 11.7. The van der Waals surface area contributed by atoms with Crippen LogP contribution in [0.5, 0.6) is 5.75 Å². The van der Waals surface area contributed by atoms with Gasteiger partial charge in [0.1, 0.15) is 12.4 Å². The molecule has 0 saturated carbocycles. The summed E-state index contributed by atoms with van der Waals surface area (Å²) in [6.07, 6.45) is 1.11. The summed E-state index contributed by atoms with van der Waals surface area (Å²) in [5.41, 5.74) is 1.21. The third kappa shape index (κ3) is 6.40. The van der Waals surface area contributed by atoms with Gasteiger partial charge in [0.25, 0.3) is 0 Å². The Morgan fingerprint density at radius 3 is 2.50 bits per heavy atom. The molecule has 20 heavy (non-hydrogen) atoms. The number of para-hydroxylation sites is 1. The van der Waals surface area contributed by atoms with Gasteiger partial charge in [-0.15, -0.1) is 0 Å². The van der Waals surface area contributed by atoms with Gasteiger partial charge in [0.05, 0.1) is 6.61 Å². The lowest BCUT2D eigenvalue weighted by Gasteiger charge is -2.17. The molecule has 0 aliphatic heterocycles. The molecule has 114 valence electrons. The second kappa shape index (κ2) is 9.78. The first-order chi connectivity index (χ1) is 9.65. The fourth-order valence-electron chi connectivity index (χ4n) is 2.02. The lowest BCUT2D eigenvalue weighted by atomic mass is 10.1. The number of hydrogen-bond donors (Lipinski definition) is 1. The van der Waals surface area contributed by atoms with Gasteiger partial charge in [-0.1, -0.05) is 39.0 Å². The summed E-state index contributed by atoms with van der Waals surface area (Å²) in [6, 6.07) is 8.50. The number of ether oxygens (including phenoxy) is 2. The number of rotatable bonds is 10. The van der Waals surface area contributed by atoms with E-state index < -0.39 is 0 Å². The van der Waals surface area contributed by atoms with Crippen LogP contribution >= 0.6 is 0 Å². The SMILES string of the molecule is CCNC(C)c1ccccc1OCCOCCC(C)C. The van der Waals surface area contributed by atoms with Crippen LogP contribution < -0.4 is 10.1 Å². The molecule has 0 spiro atoms. The van der Waals surface area contributed by atoms with Crippen molar-refractivity contribution in [3.63, 3.8) is 0 Å². The quantitative estimate of drug-likeness (QED) is 0.661. The van der Waals surface area contributed by atoms with Crippen LogP contribution in [0.25, 0.3) is 0 Å². The van der Waals surface area contributed by atoms with E-state index in [1.807, 2.05) is 12.1 Å². The molecule has 1 aromatic rings. The molecule has 1 N–H and O–H groups in total. The van der Waals surface area contributed by atoms with Crippen molar-refractivity contribution in [2.45, 2.75) is 40.2 Å². The van der Waals surface area contributed by atoms with E-state index in [0.29, 0.717) is 25.2 Å². The Labute approximate surface area is 123 Å². The Bertz CT molecular complexity index is 366. The number of benzene rings is 1. The third-order valence-electron chi connectivity index (χ3n) is 3.22. The molecule has 3 nitrogen and oxygen atoms in total. The average molecular weight is 279 g/mol. The molecule has 1 aromatic carbocycles. The number of hydrogen-bond acceptors (Lipinski definition) is 3. The van der Waals surface area contributed by atoms with Crippen molar-refractivity contribution in [3.05, 3.63) is 29.8 Å². The van der Waals surface area contributed by atoms with E-state index in [-0.39, 0.29) is 0 Å². The Kier molecular flexibility index (Phi) is 8.31. The van der Waals surface area contributed by atoms with Gasteiger partial charge < -0.3 is 14.8 Å². The summed E-state index contributed by atoms with van der Waals surface area (Å²) >= 11 is 0. The minimum Gasteiger partial charge on any atom is -0.491 e. The zero-order valence-corrected chi connectivity index (χ0v) is 13.3. The first-order valence-corrected chi connectivity index (χ1v) is 7.68. The van der Waals surface area contributed by atoms with Crippen molar-refractivity contribution in [1.82, 2.24) is 5.32 Å². The molecule has 0 aliphatic rings. The van der Waals surface area contributed by atoms with Crippen LogP contribution in [-0.2, 0) is 4.74 Å². The minimum absolute atomic E-state index is 0.304. The zero-order chi connectivity index (χ0) is 14.8. The topological polar surface area (TPSA) is 30.5 Å².